The molecule has 38 heavy (non-hydrogen) atoms. The van der Waals surface area contributed by atoms with Gasteiger partial charge in [-0.25, -0.2) is 0 Å². The Hall–Kier alpha value is -4.26. The van der Waals surface area contributed by atoms with E-state index in [4.69, 9.17) is 4.74 Å². The van der Waals surface area contributed by atoms with Crippen molar-refractivity contribution in [1.29, 1.82) is 0 Å². The maximum atomic E-state index is 13.4. The van der Waals surface area contributed by atoms with Gasteiger partial charge in [0.05, 0.1) is 18.2 Å². The van der Waals surface area contributed by atoms with Gasteiger partial charge in [0.25, 0.3) is 11.7 Å². The number of phenolic OH excluding ortho intramolecular Hbond substituents is 1. The summed E-state index contributed by atoms with van der Waals surface area (Å²) in [6.45, 7) is 10.3. The zero-order valence-corrected chi connectivity index (χ0v) is 22.3. The largest absolute Gasteiger partial charge is 0.508 e. The first-order valence-electron chi connectivity index (χ1n) is 13.0. The van der Waals surface area contributed by atoms with Gasteiger partial charge in [0.15, 0.2) is 0 Å². The lowest BCUT2D eigenvalue weighted by atomic mass is 9.94. The van der Waals surface area contributed by atoms with Crippen LogP contribution in [0.25, 0.3) is 5.76 Å². The quantitative estimate of drug-likeness (QED) is 0.208. The Balaban J connectivity index is 1.84. The van der Waals surface area contributed by atoms with Crippen molar-refractivity contribution in [2.45, 2.75) is 40.2 Å². The molecule has 0 radical (unpaired) electrons. The first-order chi connectivity index (χ1) is 18.3. The van der Waals surface area contributed by atoms with Gasteiger partial charge in [-0.05, 0) is 92.9 Å². The number of ketones is 1. The highest BCUT2D eigenvalue weighted by atomic mass is 16.5. The number of carbonyl (C=O) groups is 2. The highest BCUT2D eigenvalue weighted by Gasteiger charge is 2.47. The summed E-state index contributed by atoms with van der Waals surface area (Å²) in [5.41, 5.74) is 3.22. The number of ether oxygens (including phenoxy) is 1. The number of hydrogen-bond acceptors (Lipinski definition) is 6. The van der Waals surface area contributed by atoms with Crippen LogP contribution in [-0.4, -0.2) is 41.6 Å². The molecule has 4 rings (SSSR count). The molecule has 7 heteroatoms. The average Bonchev–Trinajstić information content (AvgIpc) is 3.18. The highest BCUT2D eigenvalue weighted by Crippen LogP contribution is 2.43. The summed E-state index contributed by atoms with van der Waals surface area (Å²) in [5, 5.41) is 21.6. The van der Waals surface area contributed by atoms with Gasteiger partial charge in [-0.3, -0.25) is 14.5 Å². The average molecular weight is 515 g/mol. The van der Waals surface area contributed by atoms with Crippen LogP contribution in [0.4, 0.5) is 11.4 Å². The van der Waals surface area contributed by atoms with Crippen molar-refractivity contribution in [2.24, 2.45) is 0 Å². The van der Waals surface area contributed by atoms with E-state index in [1.807, 2.05) is 26.0 Å². The first kappa shape index (κ1) is 26.8. The van der Waals surface area contributed by atoms with Crippen LogP contribution in [0.1, 0.15) is 49.9 Å². The van der Waals surface area contributed by atoms with Crippen molar-refractivity contribution in [3.63, 3.8) is 0 Å². The zero-order valence-electron chi connectivity index (χ0n) is 22.3. The van der Waals surface area contributed by atoms with Gasteiger partial charge < -0.3 is 19.8 Å². The van der Waals surface area contributed by atoms with Gasteiger partial charge >= 0.3 is 0 Å². The van der Waals surface area contributed by atoms with Gasteiger partial charge in [0.1, 0.15) is 17.3 Å². The third-order valence-electron chi connectivity index (χ3n) is 6.80. The van der Waals surface area contributed by atoms with Crippen LogP contribution in [0.3, 0.4) is 0 Å². The Morgan fingerprint density at radius 3 is 2.29 bits per heavy atom. The molecule has 1 amide bonds. The minimum atomic E-state index is -0.919. The number of aliphatic hydroxyl groups is 1. The van der Waals surface area contributed by atoms with E-state index in [-0.39, 0.29) is 17.1 Å². The van der Waals surface area contributed by atoms with Crippen molar-refractivity contribution in [3.05, 3.63) is 89.0 Å². The van der Waals surface area contributed by atoms with Crippen molar-refractivity contribution in [1.82, 2.24) is 0 Å². The molecule has 2 N–H and O–H groups in total. The SMILES string of the molecule is CCCOc1ccc(/C(O)=C2/C(=O)C(=O)N(c3ccc(N(CC)CC)cc3)C2c2cccc(O)c2)cc1C. The van der Waals surface area contributed by atoms with Crippen LogP contribution < -0.4 is 14.5 Å². The fourth-order valence-electron chi connectivity index (χ4n) is 4.85. The Bertz CT molecular complexity index is 1360. The van der Waals surface area contributed by atoms with Gasteiger partial charge in [0.2, 0.25) is 0 Å². The minimum absolute atomic E-state index is 0.00163. The molecule has 7 nitrogen and oxygen atoms in total. The van der Waals surface area contributed by atoms with Gasteiger partial charge in [-0.2, -0.15) is 0 Å². The third-order valence-corrected chi connectivity index (χ3v) is 6.80. The van der Waals surface area contributed by atoms with E-state index in [2.05, 4.69) is 18.7 Å². The molecule has 1 aliphatic rings. The van der Waals surface area contributed by atoms with Gasteiger partial charge in [-0.15, -0.1) is 0 Å². The van der Waals surface area contributed by atoms with Crippen LogP contribution >= 0.6 is 0 Å². The van der Waals surface area contributed by atoms with Gasteiger partial charge in [0, 0.05) is 30.0 Å². The Morgan fingerprint density at radius 1 is 0.974 bits per heavy atom. The molecular weight excluding hydrogens is 480 g/mol. The summed E-state index contributed by atoms with van der Waals surface area (Å²) in [6, 6.07) is 18.1. The van der Waals surface area contributed by atoms with E-state index in [9.17, 15) is 19.8 Å². The summed E-state index contributed by atoms with van der Waals surface area (Å²) < 4.78 is 5.75. The van der Waals surface area contributed by atoms with E-state index in [0.717, 1.165) is 30.8 Å². The van der Waals surface area contributed by atoms with Gasteiger partial charge in [-0.1, -0.05) is 19.1 Å². The van der Waals surface area contributed by atoms with Crippen molar-refractivity contribution >= 4 is 28.8 Å². The zero-order chi connectivity index (χ0) is 27.4. The normalized spacial score (nSPS) is 16.6. The number of carbonyl (C=O) groups excluding carboxylic acids is 2. The lowest BCUT2D eigenvalue weighted by Gasteiger charge is -2.27. The topological polar surface area (TPSA) is 90.3 Å². The van der Waals surface area contributed by atoms with E-state index in [1.54, 1.807) is 42.5 Å². The summed E-state index contributed by atoms with van der Waals surface area (Å²) in [4.78, 5) is 30.4. The van der Waals surface area contributed by atoms with E-state index in [1.165, 1.54) is 17.0 Å². The van der Waals surface area contributed by atoms with Crippen LogP contribution in [-0.2, 0) is 9.59 Å². The van der Waals surface area contributed by atoms with Crippen LogP contribution in [0, 0.1) is 6.92 Å². The molecule has 3 aromatic rings. The number of Topliss-reactive ketones (excluding diaryl/α,β-unsaturated/α-hetero) is 1. The molecular formula is C31H34N2O5. The summed E-state index contributed by atoms with van der Waals surface area (Å²) in [6.07, 6.45) is 0.866. The predicted octanol–water partition coefficient (Wildman–Crippen LogP) is 5.96. The smallest absolute Gasteiger partial charge is 0.300 e. The predicted molar refractivity (Wildman–Crippen MR) is 150 cm³/mol. The number of phenols is 1. The van der Waals surface area contributed by atoms with Crippen molar-refractivity contribution in [2.75, 3.05) is 29.5 Å². The monoisotopic (exact) mass is 514 g/mol. The fraction of sp³-hybridized carbons (Fsp3) is 0.290. The molecule has 1 unspecified atom stereocenters. The maximum absolute atomic E-state index is 13.4. The van der Waals surface area contributed by atoms with E-state index >= 15 is 0 Å². The number of amides is 1. The molecule has 198 valence electrons. The maximum Gasteiger partial charge on any atom is 0.300 e. The number of rotatable bonds is 9. The first-order valence-corrected chi connectivity index (χ1v) is 13.0. The van der Waals surface area contributed by atoms with Crippen LogP contribution in [0.5, 0.6) is 11.5 Å². The highest BCUT2D eigenvalue weighted by molar-refractivity contribution is 6.51. The lowest BCUT2D eigenvalue weighted by molar-refractivity contribution is -0.132. The number of aromatic hydroxyl groups is 1. The molecule has 0 aliphatic carbocycles. The molecule has 0 aromatic heterocycles. The third kappa shape index (κ3) is 5.09. The molecule has 1 aliphatic heterocycles. The lowest BCUT2D eigenvalue weighted by Crippen LogP contribution is -2.29. The standard InChI is InChI=1S/C31H34N2O5/c1-5-17-38-26-16-11-22(18-20(26)4)29(35)27-28(21-9-8-10-25(34)19-21)33(31(37)30(27)36)24-14-12-23(13-15-24)32(6-2)7-3/h8-16,18-19,28,34-35H,5-7,17H2,1-4H3/b29-27-. The number of benzene rings is 3. The summed E-state index contributed by atoms with van der Waals surface area (Å²) in [7, 11) is 0. The molecule has 0 spiro atoms. The molecule has 3 aromatic carbocycles. The molecule has 1 fully saturated rings. The fourth-order valence-corrected chi connectivity index (χ4v) is 4.85. The Kier molecular flexibility index (Phi) is 8.05. The number of aryl methyl sites for hydroxylation is 1. The molecule has 1 heterocycles. The molecule has 0 bridgehead atoms. The molecule has 0 saturated carbocycles. The Labute approximate surface area is 223 Å². The summed E-state index contributed by atoms with van der Waals surface area (Å²) in [5.74, 6) is -1.10. The second-order valence-corrected chi connectivity index (χ2v) is 9.28. The minimum Gasteiger partial charge on any atom is -0.508 e. The number of hydrogen-bond donors (Lipinski definition) is 2. The van der Waals surface area contributed by atoms with E-state index in [0.29, 0.717) is 29.2 Å². The van der Waals surface area contributed by atoms with Crippen LogP contribution in [0.15, 0.2) is 72.3 Å². The second kappa shape index (κ2) is 11.4. The molecule has 1 saturated heterocycles. The van der Waals surface area contributed by atoms with E-state index < -0.39 is 17.7 Å². The summed E-state index contributed by atoms with van der Waals surface area (Å²) >= 11 is 0. The number of anilines is 2. The second-order valence-electron chi connectivity index (χ2n) is 9.28. The van der Waals surface area contributed by atoms with Crippen molar-refractivity contribution in [3.8, 4) is 11.5 Å². The Morgan fingerprint density at radius 2 is 1.68 bits per heavy atom. The molecule has 1 atom stereocenters. The van der Waals surface area contributed by atoms with Crippen LogP contribution in [0.2, 0.25) is 0 Å². The van der Waals surface area contributed by atoms with Crippen molar-refractivity contribution < 1.29 is 24.5 Å². The number of nitrogens with zero attached hydrogens (tertiary/aromatic N) is 2. The number of aliphatic hydroxyl groups excluding tert-OH is 1.